The molecule has 0 radical (unpaired) electrons. The minimum Gasteiger partial charge on any atom is -0.496 e. The van der Waals surface area contributed by atoms with Gasteiger partial charge in [-0.25, -0.2) is 9.97 Å². The summed E-state index contributed by atoms with van der Waals surface area (Å²) in [6.45, 7) is 3.65. The Morgan fingerprint density at radius 1 is 1.17 bits per heavy atom. The van der Waals surface area contributed by atoms with E-state index in [2.05, 4.69) is 20.2 Å². The maximum atomic E-state index is 13.1. The van der Waals surface area contributed by atoms with Crippen LogP contribution < -0.4 is 14.8 Å². The first-order chi connectivity index (χ1) is 17.1. The fraction of sp³-hybridized carbons (Fsp3) is 0.407. The van der Waals surface area contributed by atoms with Gasteiger partial charge in [0.25, 0.3) is 0 Å². The van der Waals surface area contributed by atoms with Crippen LogP contribution in [0.4, 0.5) is 5.69 Å². The number of nitrogens with zero attached hydrogens (tertiary/aromatic N) is 3. The fourth-order valence-electron chi connectivity index (χ4n) is 5.89. The molecule has 0 spiro atoms. The second kappa shape index (κ2) is 8.92. The maximum Gasteiger partial charge on any atom is 0.235 e. The number of ketones is 1. The Labute approximate surface area is 203 Å². The lowest BCUT2D eigenvalue weighted by Crippen LogP contribution is -2.35. The molecule has 3 aromatic rings. The highest BCUT2D eigenvalue weighted by Crippen LogP contribution is 2.46. The van der Waals surface area contributed by atoms with Crippen LogP contribution in [0.3, 0.4) is 0 Å². The lowest BCUT2D eigenvalue weighted by atomic mass is 9.86. The number of rotatable bonds is 6. The van der Waals surface area contributed by atoms with Crippen LogP contribution >= 0.6 is 0 Å². The molecule has 1 aromatic heterocycles. The van der Waals surface area contributed by atoms with Crippen molar-refractivity contribution < 1.29 is 19.1 Å². The summed E-state index contributed by atoms with van der Waals surface area (Å²) in [4.78, 5) is 36.7. The summed E-state index contributed by atoms with van der Waals surface area (Å²) in [5, 5.41) is 3.64. The summed E-state index contributed by atoms with van der Waals surface area (Å²) >= 11 is 0. The van der Waals surface area contributed by atoms with E-state index in [1.54, 1.807) is 19.4 Å². The van der Waals surface area contributed by atoms with Gasteiger partial charge >= 0.3 is 0 Å². The monoisotopic (exact) mass is 472 g/mol. The molecule has 6 rings (SSSR count). The van der Waals surface area contributed by atoms with Gasteiger partial charge in [-0.1, -0.05) is 12.5 Å². The van der Waals surface area contributed by atoms with Gasteiger partial charge in [-0.05, 0) is 43.7 Å². The van der Waals surface area contributed by atoms with Gasteiger partial charge in [0, 0.05) is 47.6 Å². The first-order valence-electron chi connectivity index (χ1n) is 12.2. The Morgan fingerprint density at radius 2 is 2.09 bits per heavy atom. The number of likely N-dealkylation sites (tertiary alicyclic amines) is 1. The van der Waals surface area contributed by atoms with Crippen LogP contribution in [0, 0.1) is 11.8 Å². The lowest BCUT2D eigenvalue weighted by molar-refractivity contribution is -0.118. The summed E-state index contributed by atoms with van der Waals surface area (Å²) in [6.07, 6.45) is 5.41. The molecule has 3 atom stereocenters. The van der Waals surface area contributed by atoms with Crippen molar-refractivity contribution in [2.75, 3.05) is 38.7 Å². The Hall–Kier alpha value is -3.52. The predicted molar refractivity (Wildman–Crippen MR) is 131 cm³/mol. The van der Waals surface area contributed by atoms with Crippen LogP contribution in [-0.4, -0.2) is 59.9 Å². The highest BCUT2D eigenvalue weighted by molar-refractivity contribution is 6.24. The summed E-state index contributed by atoms with van der Waals surface area (Å²) < 4.78 is 11.6. The van der Waals surface area contributed by atoms with Crippen molar-refractivity contribution in [3.8, 4) is 11.5 Å². The molecule has 1 N–H and O–H groups in total. The van der Waals surface area contributed by atoms with E-state index in [4.69, 9.17) is 9.47 Å². The van der Waals surface area contributed by atoms with E-state index in [1.165, 1.54) is 11.9 Å². The number of carbonyl (C=O) groups is 2. The number of Topliss-reactive ketones (excluding diaryl/α,β-unsaturated/α-hetero) is 1. The minimum atomic E-state index is -0.643. The Kier molecular flexibility index (Phi) is 5.60. The number of carbonyl (C=O) groups excluding carboxylic acids is 2. The highest BCUT2D eigenvalue weighted by Gasteiger charge is 2.40. The van der Waals surface area contributed by atoms with E-state index in [-0.39, 0.29) is 11.7 Å². The second-order valence-electron chi connectivity index (χ2n) is 9.65. The molecule has 8 nitrogen and oxygen atoms in total. The number of nitrogens with one attached hydrogen (secondary N) is 1. The third kappa shape index (κ3) is 3.82. The second-order valence-corrected chi connectivity index (χ2v) is 9.65. The number of ether oxygens (including phenoxy) is 2. The van der Waals surface area contributed by atoms with E-state index in [0.29, 0.717) is 40.4 Å². The molecule has 3 aliphatic rings. The molecule has 0 bridgehead atoms. The summed E-state index contributed by atoms with van der Waals surface area (Å²) in [5.74, 6) is 1.73. The first kappa shape index (κ1) is 22.0. The summed E-state index contributed by atoms with van der Waals surface area (Å²) in [6, 6.07) is 9.58. The van der Waals surface area contributed by atoms with E-state index in [1.807, 2.05) is 24.3 Å². The summed E-state index contributed by atoms with van der Waals surface area (Å²) in [7, 11) is 1.71. The van der Waals surface area contributed by atoms with Crippen molar-refractivity contribution in [2.24, 2.45) is 11.8 Å². The Morgan fingerprint density at radius 3 is 2.97 bits per heavy atom. The van der Waals surface area contributed by atoms with Gasteiger partial charge in [-0.3, -0.25) is 9.59 Å². The number of hydrogen-bond acceptors (Lipinski definition) is 7. The third-order valence-electron chi connectivity index (χ3n) is 7.64. The molecule has 0 aliphatic carbocycles. The molecule has 35 heavy (non-hydrogen) atoms. The molecule has 1 saturated heterocycles. The normalized spacial score (nSPS) is 23.3. The average Bonchev–Trinajstić information content (AvgIpc) is 3.31. The molecular formula is C27H28N4O4. The van der Waals surface area contributed by atoms with Crippen LogP contribution in [0.5, 0.6) is 11.5 Å². The molecule has 4 heterocycles. The molecule has 180 valence electrons. The fourth-order valence-corrected chi connectivity index (χ4v) is 5.89. The first-order valence-corrected chi connectivity index (χ1v) is 12.2. The quantitative estimate of drug-likeness (QED) is 0.432. The van der Waals surface area contributed by atoms with Gasteiger partial charge < -0.3 is 19.7 Å². The number of hydrogen-bond donors (Lipinski definition) is 1. The van der Waals surface area contributed by atoms with Crippen LogP contribution in [0.2, 0.25) is 0 Å². The highest BCUT2D eigenvalue weighted by atomic mass is 16.5. The smallest absolute Gasteiger partial charge is 0.235 e. The van der Waals surface area contributed by atoms with E-state index < -0.39 is 5.92 Å². The van der Waals surface area contributed by atoms with E-state index >= 15 is 0 Å². The summed E-state index contributed by atoms with van der Waals surface area (Å²) in [5.41, 5.74) is 2.98. The average molecular weight is 473 g/mol. The van der Waals surface area contributed by atoms with Crippen molar-refractivity contribution in [3.05, 3.63) is 54.0 Å². The van der Waals surface area contributed by atoms with Gasteiger partial charge in [-0.15, -0.1) is 0 Å². The molecule has 1 fully saturated rings. The molecule has 8 heteroatoms. The predicted octanol–water partition coefficient (Wildman–Crippen LogP) is 3.67. The molecule has 0 saturated carbocycles. The number of fused-ring (bicyclic) bond motifs is 6. The zero-order valence-corrected chi connectivity index (χ0v) is 19.7. The molecule has 1 unspecified atom stereocenters. The topological polar surface area (TPSA) is 93.6 Å². The number of methoxy groups -OCH3 is 1. The molecular weight excluding hydrogens is 444 g/mol. The zero-order chi connectivity index (χ0) is 23.9. The van der Waals surface area contributed by atoms with Crippen molar-refractivity contribution >= 4 is 28.3 Å². The molecule has 2 aromatic carbocycles. The maximum absolute atomic E-state index is 13.1. The number of benzene rings is 2. The largest absolute Gasteiger partial charge is 0.496 e. The number of amides is 1. The van der Waals surface area contributed by atoms with Crippen molar-refractivity contribution in [1.82, 2.24) is 14.9 Å². The van der Waals surface area contributed by atoms with Gasteiger partial charge in [-0.2, -0.15) is 0 Å². The van der Waals surface area contributed by atoms with Crippen molar-refractivity contribution in [2.45, 2.75) is 25.2 Å². The Balaban J connectivity index is 1.07. The molecule has 1 amide bonds. The number of aromatic nitrogens is 2. The van der Waals surface area contributed by atoms with Crippen LogP contribution in [0.15, 0.2) is 42.9 Å². The van der Waals surface area contributed by atoms with Gasteiger partial charge in [0.2, 0.25) is 5.91 Å². The van der Waals surface area contributed by atoms with Gasteiger partial charge in [0.1, 0.15) is 23.7 Å². The van der Waals surface area contributed by atoms with Crippen molar-refractivity contribution in [1.29, 1.82) is 0 Å². The van der Waals surface area contributed by atoms with Crippen LogP contribution in [-0.2, 0) is 4.79 Å². The zero-order valence-electron chi connectivity index (χ0n) is 19.7. The number of unbranched alkanes of at least 4 members (excludes halogenated alkanes) is 1. The third-order valence-corrected chi connectivity index (χ3v) is 7.64. The van der Waals surface area contributed by atoms with Crippen LogP contribution in [0.25, 0.3) is 10.9 Å². The van der Waals surface area contributed by atoms with E-state index in [9.17, 15) is 9.59 Å². The standard InChI is InChI=1S/C27H28N4O4/c1-34-22-6-4-7-23-24(22)20-13-31(12-16(20)14-35-23)10-3-2-5-18-26(32)17-8-9-21-19(11-28-15-29-21)25(17)30-27(18)33/h4,6-9,11,15-16,18,20H,2-3,5,10,12-14H2,1H3,(H,30,33)/t16-,18?,20-/m1/s1. The van der Waals surface area contributed by atoms with Gasteiger partial charge in [0.05, 0.1) is 24.9 Å². The Bertz CT molecular complexity index is 1300. The SMILES string of the molecule is COc1cccc2c1[C@@H]1CN(CCCCC3C(=O)Nc4c(ccc5ncncc45)C3=O)C[C@@H]1CO2. The van der Waals surface area contributed by atoms with Gasteiger partial charge in [0.15, 0.2) is 5.78 Å². The lowest BCUT2D eigenvalue weighted by Gasteiger charge is -2.29. The molecule has 3 aliphatic heterocycles. The van der Waals surface area contributed by atoms with E-state index in [0.717, 1.165) is 50.6 Å². The van der Waals surface area contributed by atoms with Crippen molar-refractivity contribution in [3.63, 3.8) is 0 Å². The minimum absolute atomic E-state index is 0.109. The number of anilines is 1. The van der Waals surface area contributed by atoms with Crippen LogP contribution in [0.1, 0.15) is 41.1 Å².